The summed E-state index contributed by atoms with van der Waals surface area (Å²) in [7, 11) is 0. The van der Waals surface area contributed by atoms with Crippen LogP contribution in [0.2, 0.25) is 0 Å². The van der Waals surface area contributed by atoms with Crippen molar-refractivity contribution in [3.63, 3.8) is 0 Å². The van der Waals surface area contributed by atoms with E-state index in [0.717, 1.165) is 10.2 Å². The summed E-state index contributed by atoms with van der Waals surface area (Å²) < 4.78 is 1.11. The lowest BCUT2D eigenvalue weighted by atomic mass is 10.2. The fourth-order valence-corrected chi connectivity index (χ4v) is 3.17. The van der Waals surface area contributed by atoms with Crippen LogP contribution in [0.3, 0.4) is 0 Å². The summed E-state index contributed by atoms with van der Waals surface area (Å²) in [5, 5.41) is 3.29. The van der Waals surface area contributed by atoms with Crippen LogP contribution in [0.1, 0.15) is 37.5 Å². The lowest BCUT2D eigenvalue weighted by Gasteiger charge is -2.15. The molecule has 2 rings (SSSR count). The van der Waals surface area contributed by atoms with Gasteiger partial charge in [0.25, 0.3) is 0 Å². The van der Waals surface area contributed by atoms with Crippen molar-refractivity contribution >= 4 is 39.2 Å². The maximum absolute atomic E-state index is 5.61. The monoisotopic (exact) mass is 343 g/mol. The van der Waals surface area contributed by atoms with Gasteiger partial charge in [-0.1, -0.05) is 14.4 Å². The van der Waals surface area contributed by atoms with Crippen LogP contribution in [-0.2, 0) is 0 Å². The second-order valence-corrected chi connectivity index (χ2v) is 6.31. The second kappa shape index (κ2) is 6.81. The Balaban J connectivity index is 0.00000180. The summed E-state index contributed by atoms with van der Waals surface area (Å²) in [5.74, 6) is 1.38. The second-order valence-electron chi connectivity index (χ2n) is 3.81. The van der Waals surface area contributed by atoms with E-state index in [1.54, 1.807) is 18.3 Å². The first-order valence-corrected chi connectivity index (χ1v) is 7.19. The van der Waals surface area contributed by atoms with Crippen molar-refractivity contribution in [3.05, 3.63) is 26.6 Å². The third-order valence-electron chi connectivity index (χ3n) is 2.41. The van der Waals surface area contributed by atoms with Gasteiger partial charge in [0.05, 0.1) is 9.83 Å². The molecule has 19 heavy (non-hydrogen) atoms. The average Bonchev–Trinajstić information content (AvgIpc) is 2.71. The molecule has 0 bridgehead atoms. The number of rotatable bonds is 4. The van der Waals surface area contributed by atoms with E-state index in [1.165, 1.54) is 4.88 Å². The van der Waals surface area contributed by atoms with Crippen LogP contribution in [0.25, 0.3) is 0 Å². The number of nitrogen functional groups attached to an aromatic ring is 1. The van der Waals surface area contributed by atoms with Gasteiger partial charge in [0.15, 0.2) is 0 Å². The first-order chi connectivity index (χ1) is 8.58. The molecule has 0 radical (unpaired) electrons. The highest BCUT2D eigenvalue weighted by molar-refractivity contribution is 9.11. The summed E-state index contributed by atoms with van der Waals surface area (Å²) >= 11 is 5.17. The maximum Gasteiger partial charge on any atom is 0.228 e. The third kappa shape index (κ3) is 4.14. The van der Waals surface area contributed by atoms with Crippen LogP contribution in [0.5, 0.6) is 0 Å². The Labute approximate surface area is 125 Å². The van der Waals surface area contributed by atoms with Crippen molar-refractivity contribution in [2.75, 3.05) is 11.1 Å². The molecule has 5 nitrogen and oxygen atoms in total. The highest BCUT2D eigenvalue weighted by Gasteiger charge is 2.13. The minimum atomic E-state index is 0. The SMILES string of the molecule is C.CCC(Nc1nc(C)nc(N)n1)c1ccc(Br)s1. The standard InChI is InChI=1S/C11H14BrN5S.CH4/c1-3-7(8-4-5-9(12)18-8)16-11-15-6(2)14-10(13)17-11;/h4-5,7H,3H2,1-2H3,(H3,13,14,15,16,17);1H4. The smallest absolute Gasteiger partial charge is 0.228 e. The van der Waals surface area contributed by atoms with E-state index in [2.05, 4.69) is 49.2 Å². The number of anilines is 2. The number of aromatic nitrogens is 3. The number of nitrogens with zero attached hydrogens (tertiary/aromatic N) is 3. The van der Waals surface area contributed by atoms with E-state index in [9.17, 15) is 0 Å². The molecule has 2 aromatic heterocycles. The van der Waals surface area contributed by atoms with Crippen LogP contribution >= 0.6 is 27.3 Å². The highest BCUT2D eigenvalue weighted by Crippen LogP contribution is 2.30. The number of hydrogen-bond acceptors (Lipinski definition) is 6. The lowest BCUT2D eigenvalue weighted by Crippen LogP contribution is -2.13. The van der Waals surface area contributed by atoms with E-state index in [4.69, 9.17) is 5.73 Å². The van der Waals surface area contributed by atoms with Gasteiger partial charge in [0, 0.05) is 4.88 Å². The van der Waals surface area contributed by atoms with Crippen molar-refractivity contribution in [2.24, 2.45) is 0 Å². The first kappa shape index (κ1) is 15.8. The molecule has 1 atom stereocenters. The first-order valence-electron chi connectivity index (χ1n) is 5.58. The Morgan fingerprint density at radius 3 is 2.63 bits per heavy atom. The predicted molar refractivity (Wildman–Crippen MR) is 84.4 cm³/mol. The molecule has 0 spiro atoms. The molecule has 0 saturated carbocycles. The molecule has 0 aliphatic heterocycles. The molecule has 0 saturated heterocycles. The zero-order valence-corrected chi connectivity index (χ0v) is 12.5. The Hall–Kier alpha value is -1.21. The average molecular weight is 344 g/mol. The molecule has 2 heterocycles. The van der Waals surface area contributed by atoms with Gasteiger partial charge in [-0.2, -0.15) is 15.0 Å². The Kier molecular flexibility index (Phi) is 5.68. The zero-order valence-electron chi connectivity index (χ0n) is 10.1. The van der Waals surface area contributed by atoms with Crippen LogP contribution in [0, 0.1) is 6.92 Å². The number of nitrogens with one attached hydrogen (secondary N) is 1. The van der Waals surface area contributed by atoms with Crippen LogP contribution in [0.4, 0.5) is 11.9 Å². The molecule has 7 heteroatoms. The molecule has 3 N–H and O–H groups in total. The molecule has 1 unspecified atom stereocenters. The minimum Gasteiger partial charge on any atom is -0.368 e. The fraction of sp³-hybridized carbons (Fsp3) is 0.417. The van der Waals surface area contributed by atoms with E-state index in [-0.39, 0.29) is 19.4 Å². The summed E-state index contributed by atoms with van der Waals surface area (Å²) in [5.41, 5.74) is 5.61. The van der Waals surface area contributed by atoms with Gasteiger partial charge in [0.1, 0.15) is 5.82 Å². The van der Waals surface area contributed by atoms with Gasteiger partial charge in [-0.05, 0) is 41.4 Å². The van der Waals surface area contributed by atoms with Crippen LogP contribution < -0.4 is 11.1 Å². The molecule has 0 aromatic carbocycles. The predicted octanol–water partition coefficient (Wildman–Crippen LogP) is 3.79. The Morgan fingerprint density at radius 1 is 1.37 bits per heavy atom. The highest BCUT2D eigenvalue weighted by atomic mass is 79.9. The van der Waals surface area contributed by atoms with Crippen molar-refractivity contribution in [1.29, 1.82) is 0 Å². The number of hydrogen-bond donors (Lipinski definition) is 2. The molecule has 0 aliphatic carbocycles. The quantitative estimate of drug-likeness (QED) is 0.883. The number of nitrogens with two attached hydrogens (primary N) is 1. The van der Waals surface area contributed by atoms with Gasteiger partial charge in [0.2, 0.25) is 11.9 Å². The van der Waals surface area contributed by atoms with E-state index in [1.807, 2.05) is 6.07 Å². The van der Waals surface area contributed by atoms with Gasteiger partial charge in [-0.3, -0.25) is 0 Å². The summed E-state index contributed by atoms with van der Waals surface area (Å²) in [6, 6.07) is 4.31. The van der Waals surface area contributed by atoms with Crippen LogP contribution in [0.15, 0.2) is 15.9 Å². The zero-order chi connectivity index (χ0) is 13.1. The molecule has 2 aromatic rings. The minimum absolute atomic E-state index is 0. The molecule has 0 amide bonds. The van der Waals surface area contributed by atoms with Gasteiger partial charge in [-0.25, -0.2) is 0 Å². The van der Waals surface area contributed by atoms with E-state index in [0.29, 0.717) is 11.8 Å². The van der Waals surface area contributed by atoms with E-state index < -0.39 is 0 Å². The Morgan fingerprint density at radius 2 is 2.11 bits per heavy atom. The molecule has 0 aliphatic rings. The molecule has 0 fully saturated rings. The van der Waals surface area contributed by atoms with E-state index >= 15 is 0 Å². The Bertz CT molecular complexity index is 522. The normalized spacial score (nSPS) is 11.7. The van der Waals surface area contributed by atoms with Crippen molar-refractivity contribution in [3.8, 4) is 0 Å². The summed E-state index contributed by atoms with van der Waals surface area (Å²) in [4.78, 5) is 13.5. The van der Waals surface area contributed by atoms with Crippen molar-refractivity contribution < 1.29 is 0 Å². The number of halogens is 1. The van der Waals surface area contributed by atoms with Crippen molar-refractivity contribution in [2.45, 2.75) is 33.7 Å². The number of thiophene rings is 1. The number of aryl methyl sites for hydroxylation is 1. The molecule has 104 valence electrons. The van der Waals surface area contributed by atoms with Gasteiger partial charge >= 0.3 is 0 Å². The molecular formula is C12H18BrN5S. The van der Waals surface area contributed by atoms with Crippen LogP contribution in [-0.4, -0.2) is 15.0 Å². The lowest BCUT2D eigenvalue weighted by molar-refractivity contribution is 0.748. The summed E-state index contributed by atoms with van der Waals surface area (Å²) in [6.45, 7) is 3.91. The third-order valence-corrected chi connectivity index (χ3v) is 4.15. The topological polar surface area (TPSA) is 76.7 Å². The largest absolute Gasteiger partial charge is 0.368 e. The maximum atomic E-state index is 5.61. The van der Waals surface area contributed by atoms with Gasteiger partial charge in [-0.15, -0.1) is 11.3 Å². The van der Waals surface area contributed by atoms with Crippen molar-refractivity contribution in [1.82, 2.24) is 15.0 Å². The fourth-order valence-electron chi connectivity index (χ4n) is 1.61. The summed E-state index contributed by atoms with van der Waals surface area (Å²) in [6.07, 6.45) is 0.942. The van der Waals surface area contributed by atoms with Gasteiger partial charge < -0.3 is 11.1 Å². The molecular weight excluding hydrogens is 326 g/mol.